The Balaban J connectivity index is 2.09. The SMILES string of the molecule is NC(=O)[C@@H](Cc1cccc(Cl)c1)NC(=O)c1ccccn1. The minimum atomic E-state index is -0.821. The number of amides is 2. The van der Waals surface area contributed by atoms with Gasteiger partial charge >= 0.3 is 0 Å². The molecule has 0 saturated carbocycles. The fourth-order valence-corrected chi connectivity index (χ4v) is 2.06. The van der Waals surface area contributed by atoms with Gasteiger partial charge in [-0.25, -0.2) is 0 Å². The van der Waals surface area contributed by atoms with E-state index < -0.39 is 17.9 Å². The molecule has 2 aromatic rings. The molecule has 1 atom stereocenters. The number of hydrogen-bond donors (Lipinski definition) is 2. The molecule has 6 heteroatoms. The molecule has 0 aliphatic heterocycles. The van der Waals surface area contributed by atoms with Gasteiger partial charge in [-0.05, 0) is 29.8 Å². The van der Waals surface area contributed by atoms with Gasteiger partial charge in [-0.1, -0.05) is 29.8 Å². The molecule has 0 saturated heterocycles. The number of nitrogens with zero attached hydrogens (tertiary/aromatic N) is 1. The molecule has 2 rings (SSSR count). The Bertz CT molecular complexity index is 646. The number of nitrogens with two attached hydrogens (primary N) is 1. The first-order valence-electron chi connectivity index (χ1n) is 6.32. The second kappa shape index (κ2) is 6.85. The Kier molecular flexibility index (Phi) is 4.90. The van der Waals surface area contributed by atoms with Gasteiger partial charge in [-0.3, -0.25) is 14.6 Å². The number of nitrogens with one attached hydrogen (secondary N) is 1. The minimum absolute atomic E-state index is 0.231. The molecule has 108 valence electrons. The fraction of sp³-hybridized carbons (Fsp3) is 0.133. The number of primary amides is 1. The van der Waals surface area contributed by atoms with E-state index in [0.29, 0.717) is 5.02 Å². The van der Waals surface area contributed by atoms with E-state index in [2.05, 4.69) is 10.3 Å². The van der Waals surface area contributed by atoms with E-state index in [4.69, 9.17) is 17.3 Å². The Morgan fingerprint density at radius 2 is 2.05 bits per heavy atom. The van der Waals surface area contributed by atoms with Gasteiger partial charge < -0.3 is 11.1 Å². The largest absolute Gasteiger partial charge is 0.368 e. The molecule has 5 nitrogen and oxygen atoms in total. The zero-order valence-electron chi connectivity index (χ0n) is 11.1. The first kappa shape index (κ1) is 15.0. The Labute approximate surface area is 127 Å². The molecule has 0 aliphatic rings. The Hall–Kier alpha value is -2.40. The van der Waals surface area contributed by atoms with Crippen LogP contribution in [0.15, 0.2) is 48.7 Å². The number of rotatable bonds is 5. The van der Waals surface area contributed by atoms with Gasteiger partial charge in [0.05, 0.1) is 0 Å². The summed E-state index contributed by atoms with van der Waals surface area (Å²) in [6.07, 6.45) is 1.78. The van der Waals surface area contributed by atoms with Crippen LogP contribution in [0.25, 0.3) is 0 Å². The van der Waals surface area contributed by atoms with Crippen molar-refractivity contribution in [2.75, 3.05) is 0 Å². The Morgan fingerprint density at radius 1 is 1.24 bits per heavy atom. The van der Waals surface area contributed by atoms with E-state index >= 15 is 0 Å². The average molecular weight is 304 g/mol. The van der Waals surface area contributed by atoms with Gasteiger partial charge in [0, 0.05) is 17.6 Å². The average Bonchev–Trinajstić information content (AvgIpc) is 2.47. The third-order valence-corrected chi connectivity index (χ3v) is 3.11. The number of hydrogen-bond acceptors (Lipinski definition) is 3. The third-order valence-electron chi connectivity index (χ3n) is 2.88. The van der Waals surface area contributed by atoms with Gasteiger partial charge in [0.2, 0.25) is 5.91 Å². The van der Waals surface area contributed by atoms with Crippen LogP contribution in [0.4, 0.5) is 0 Å². The standard InChI is InChI=1S/C15H14ClN3O2/c16-11-5-3-4-10(8-11)9-13(14(17)20)19-15(21)12-6-1-2-7-18-12/h1-8,13H,9H2,(H2,17,20)(H,19,21)/t13-/m1/s1. The van der Waals surface area contributed by atoms with E-state index in [1.54, 1.807) is 36.4 Å². The highest BCUT2D eigenvalue weighted by Gasteiger charge is 2.20. The van der Waals surface area contributed by atoms with Crippen molar-refractivity contribution in [1.82, 2.24) is 10.3 Å². The zero-order valence-corrected chi connectivity index (χ0v) is 11.9. The van der Waals surface area contributed by atoms with Crippen molar-refractivity contribution in [3.8, 4) is 0 Å². The van der Waals surface area contributed by atoms with Crippen LogP contribution in [0.2, 0.25) is 5.02 Å². The summed E-state index contributed by atoms with van der Waals surface area (Å²) in [5.41, 5.74) is 6.39. The summed E-state index contributed by atoms with van der Waals surface area (Å²) in [6.45, 7) is 0. The third kappa shape index (κ3) is 4.29. The van der Waals surface area contributed by atoms with Crippen molar-refractivity contribution >= 4 is 23.4 Å². The highest BCUT2D eigenvalue weighted by molar-refractivity contribution is 6.30. The lowest BCUT2D eigenvalue weighted by Crippen LogP contribution is -2.46. The number of carbonyl (C=O) groups is 2. The number of carbonyl (C=O) groups excluding carboxylic acids is 2. The topological polar surface area (TPSA) is 85.1 Å². The van der Waals surface area contributed by atoms with Crippen molar-refractivity contribution < 1.29 is 9.59 Å². The second-order valence-corrected chi connectivity index (χ2v) is 4.91. The predicted molar refractivity (Wildman–Crippen MR) is 79.8 cm³/mol. The van der Waals surface area contributed by atoms with E-state index in [1.807, 2.05) is 6.07 Å². The van der Waals surface area contributed by atoms with Crippen LogP contribution < -0.4 is 11.1 Å². The maximum Gasteiger partial charge on any atom is 0.270 e. The lowest BCUT2D eigenvalue weighted by Gasteiger charge is -2.15. The highest BCUT2D eigenvalue weighted by atomic mass is 35.5. The van der Waals surface area contributed by atoms with Crippen molar-refractivity contribution in [2.45, 2.75) is 12.5 Å². The summed E-state index contributed by atoms with van der Waals surface area (Å²) >= 11 is 5.90. The summed E-state index contributed by atoms with van der Waals surface area (Å²) in [4.78, 5) is 27.4. The van der Waals surface area contributed by atoms with Gasteiger partial charge in [-0.15, -0.1) is 0 Å². The van der Waals surface area contributed by atoms with Crippen LogP contribution in [0.3, 0.4) is 0 Å². The van der Waals surface area contributed by atoms with E-state index in [-0.39, 0.29) is 12.1 Å². The van der Waals surface area contributed by atoms with Gasteiger partial charge in [0.1, 0.15) is 11.7 Å². The summed E-state index contributed by atoms with van der Waals surface area (Å²) in [5, 5.41) is 3.14. The molecule has 0 bridgehead atoms. The zero-order chi connectivity index (χ0) is 15.2. The van der Waals surface area contributed by atoms with Crippen LogP contribution in [0, 0.1) is 0 Å². The van der Waals surface area contributed by atoms with E-state index in [1.165, 1.54) is 6.20 Å². The molecule has 1 aromatic carbocycles. The van der Waals surface area contributed by atoms with Crippen molar-refractivity contribution in [3.63, 3.8) is 0 Å². The van der Waals surface area contributed by atoms with Crippen molar-refractivity contribution in [1.29, 1.82) is 0 Å². The van der Waals surface area contributed by atoms with Gasteiger partial charge in [0.25, 0.3) is 5.91 Å². The van der Waals surface area contributed by atoms with Crippen LogP contribution in [0.1, 0.15) is 16.1 Å². The van der Waals surface area contributed by atoms with Crippen LogP contribution in [0.5, 0.6) is 0 Å². The van der Waals surface area contributed by atoms with Crippen LogP contribution in [-0.2, 0) is 11.2 Å². The molecule has 1 aromatic heterocycles. The van der Waals surface area contributed by atoms with Crippen molar-refractivity contribution in [3.05, 3.63) is 64.9 Å². The van der Waals surface area contributed by atoms with Crippen LogP contribution >= 0.6 is 11.6 Å². The van der Waals surface area contributed by atoms with Gasteiger partial charge in [0.15, 0.2) is 0 Å². The smallest absolute Gasteiger partial charge is 0.270 e. The molecule has 0 radical (unpaired) electrons. The molecular weight excluding hydrogens is 290 g/mol. The fourth-order valence-electron chi connectivity index (χ4n) is 1.85. The lowest BCUT2D eigenvalue weighted by atomic mass is 10.1. The maximum atomic E-state index is 12.0. The summed E-state index contributed by atoms with van der Waals surface area (Å²) < 4.78 is 0. The molecule has 0 aliphatic carbocycles. The second-order valence-electron chi connectivity index (χ2n) is 4.48. The predicted octanol–water partition coefficient (Wildman–Crippen LogP) is 1.56. The molecule has 21 heavy (non-hydrogen) atoms. The van der Waals surface area contributed by atoms with Gasteiger partial charge in [-0.2, -0.15) is 0 Å². The number of aromatic nitrogens is 1. The molecule has 0 unspecified atom stereocenters. The number of benzene rings is 1. The number of pyridine rings is 1. The quantitative estimate of drug-likeness (QED) is 0.879. The minimum Gasteiger partial charge on any atom is -0.368 e. The first-order valence-corrected chi connectivity index (χ1v) is 6.69. The van der Waals surface area contributed by atoms with Crippen molar-refractivity contribution in [2.24, 2.45) is 5.73 Å². The normalized spacial score (nSPS) is 11.7. The molecule has 3 N–H and O–H groups in total. The lowest BCUT2D eigenvalue weighted by molar-refractivity contribution is -0.119. The highest BCUT2D eigenvalue weighted by Crippen LogP contribution is 2.12. The molecular formula is C15H14ClN3O2. The summed E-state index contributed by atoms with van der Waals surface area (Å²) in [5.74, 6) is -1.05. The van der Waals surface area contributed by atoms with E-state index in [0.717, 1.165) is 5.56 Å². The van der Waals surface area contributed by atoms with Crippen LogP contribution in [-0.4, -0.2) is 22.8 Å². The monoisotopic (exact) mass is 303 g/mol. The Morgan fingerprint density at radius 3 is 2.67 bits per heavy atom. The maximum absolute atomic E-state index is 12.0. The first-order chi connectivity index (χ1) is 10.1. The molecule has 0 fully saturated rings. The molecule has 0 spiro atoms. The number of halogens is 1. The van der Waals surface area contributed by atoms with E-state index in [9.17, 15) is 9.59 Å². The molecule has 2 amide bonds. The summed E-state index contributed by atoms with van der Waals surface area (Å²) in [7, 11) is 0. The summed E-state index contributed by atoms with van der Waals surface area (Å²) in [6, 6.07) is 11.2. The molecule has 1 heterocycles.